The smallest absolute Gasteiger partial charge is 0.154 e. The minimum atomic E-state index is -1.01. The maximum absolute atomic E-state index is 10.2. The van der Waals surface area contributed by atoms with Gasteiger partial charge in [-0.15, -0.1) is 11.3 Å². The van der Waals surface area contributed by atoms with Gasteiger partial charge in [-0.05, 0) is 38.1 Å². The van der Waals surface area contributed by atoms with Crippen LogP contribution in [-0.4, -0.2) is 11.7 Å². The molecule has 5 heteroatoms. The molecule has 1 unspecified atom stereocenters. The van der Waals surface area contributed by atoms with E-state index in [1.165, 1.54) is 6.26 Å². The summed E-state index contributed by atoms with van der Waals surface area (Å²) in [5.41, 5.74) is 0. The Balaban J connectivity index is 2.38. The van der Waals surface area contributed by atoms with E-state index in [0.717, 1.165) is 9.75 Å². The number of hydrogen-bond donors (Lipinski definition) is 1. The third kappa shape index (κ3) is 3.21. The van der Waals surface area contributed by atoms with Gasteiger partial charge in [-0.25, -0.2) is 0 Å². The van der Waals surface area contributed by atoms with Crippen molar-refractivity contribution in [3.05, 3.63) is 51.1 Å². The summed E-state index contributed by atoms with van der Waals surface area (Å²) in [5, 5.41) is 10.4. The molecule has 2 heterocycles. The van der Waals surface area contributed by atoms with E-state index in [4.69, 9.17) is 20.8 Å². The van der Waals surface area contributed by atoms with Crippen LogP contribution in [0.2, 0.25) is 0 Å². The van der Waals surface area contributed by atoms with E-state index in [1.54, 1.807) is 23.5 Å². The van der Waals surface area contributed by atoms with Crippen LogP contribution < -0.4 is 0 Å². The molecule has 19 heavy (non-hydrogen) atoms. The Kier molecular flexibility index (Phi) is 4.69. The Bertz CT molecular complexity index is 557. The van der Waals surface area contributed by atoms with Gasteiger partial charge in [0.15, 0.2) is 11.9 Å². The fourth-order valence-electron chi connectivity index (χ4n) is 1.65. The molecule has 0 fully saturated rings. The summed E-state index contributed by atoms with van der Waals surface area (Å²) >= 11 is 7.83. The minimum Gasteiger partial charge on any atom is -0.491 e. The highest BCUT2D eigenvalue weighted by Crippen LogP contribution is 2.35. The van der Waals surface area contributed by atoms with Crippen molar-refractivity contribution in [2.75, 3.05) is 6.61 Å². The predicted octanol–water partition coefficient (Wildman–Crippen LogP) is 4.33. The Labute approximate surface area is 121 Å². The van der Waals surface area contributed by atoms with Gasteiger partial charge < -0.3 is 14.3 Å². The molecule has 2 aromatic heterocycles. The minimum absolute atomic E-state index is 0.235. The molecule has 102 valence electrons. The molecular formula is C14H15ClO3S. The zero-order valence-corrected chi connectivity index (χ0v) is 12.3. The van der Waals surface area contributed by atoms with Crippen molar-refractivity contribution in [3.8, 4) is 0 Å². The summed E-state index contributed by atoms with van der Waals surface area (Å²) in [6.45, 7) is 4.37. The molecule has 0 aliphatic carbocycles. The molecule has 3 nitrogen and oxygen atoms in total. The molecule has 0 saturated heterocycles. The lowest BCUT2D eigenvalue weighted by molar-refractivity contribution is 0.187. The van der Waals surface area contributed by atoms with Crippen molar-refractivity contribution < 1.29 is 14.3 Å². The number of rotatable bonds is 5. The normalized spacial score (nSPS) is 14.1. The third-order valence-corrected chi connectivity index (χ3v) is 3.90. The molecular weight excluding hydrogens is 284 g/mol. The van der Waals surface area contributed by atoms with E-state index in [-0.39, 0.29) is 5.03 Å². The number of aliphatic hydroxyl groups excluding tert-OH is 1. The van der Waals surface area contributed by atoms with Gasteiger partial charge in [0.1, 0.15) is 5.76 Å². The SMILES string of the molecule is CCO/C(=C(/Cl)C(O)c1ccco1)c1ccc(C)s1. The highest BCUT2D eigenvalue weighted by atomic mass is 35.5. The average Bonchev–Trinajstić information content (AvgIpc) is 3.05. The van der Waals surface area contributed by atoms with E-state index in [9.17, 15) is 5.11 Å². The van der Waals surface area contributed by atoms with Gasteiger partial charge in [-0.2, -0.15) is 0 Å². The van der Waals surface area contributed by atoms with Crippen LogP contribution in [0.1, 0.15) is 28.5 Å². The third-order valence-electron chi connectivity index (χ3n) is 2.52. The molecule has 0 amide bonds. The topological polar surface area (TPSA) is 42.6 Å². The first-order valence-electron chi connectivity index (χ1n) is 5.94. The van der Waals surface area contributed by atoms with Gasteiger partial charge in [0.05, 0.1) is 22.8 Å². The quantitative estimate of drug-likeness (QED) is 0.836. The molecule has 2 aromatic rings. The average molecular weight is 299 g/mol. The first-order valence-corrected chi connectivity index (χ1v) is 7.13. The van der Waals surface area contributed by atoms with Gasteiger partial charge in [-0.1, -0.05) is 11.6 Å². The fourth-order valence-corrected chi connectivity index (χ4v) is 2.86. The van der Waals surface area contributed by atoms with Crippen molar-refractivity contribution in [2.45, 2.75) is 20.0 Å². The van der Waals surface area contributed by atoms with Crippen LogP contribution in [0, 0.1) is 6.92 Å². The number of ether oxygens (including phenoxy) is 1. The van der Waals surface area contributed by atoms with Crippen molar-refractivity contribution in [3.63, 3.8) is 0 Å². The molecule has 2 rings (SSSR count). The summed E-state index contributed by atoms with van der Waals surface area (Å²) < 4.78 is 10.7. The maximum atomic E-state index is 10.2. The summed E-state index contributed by atoms with van der Waals surface area (Å²) in [6.07, 6.45) is 0.485. The van der Waals surface area contributed by atoms with Crippen LogP contribution in [0.3, 0.4) is 0 Å². The van der Waals surface area contributed by atoms with Crippen molar-refractivity contribution in [1.82, 2.24) is 0 Å². The Morgan fingerprint density at radius 2 is 2.26 bits per heavy atom. The van der Waals surface area contributed by atoms with Crippen LogP contribution in [0.25, 0.3) is 5.76 Å². The molecule has 0 spiro atoms. The molecule has 1 N–H and O–H groups in total. The second-order valence-corrected chi connectivity index (χ2v) is 5.63. The number of hydrogen-bond acceptors (Lipinski definition) is 4. The van der Waals surface area contributed by atoms with Gasteiger partial charge in [0, 0.05) is 4.88 Å². The van der Waals surface area contributed by atoms with Crippen molar-refractivity contribution in [1.29, 1.82) is 0 Å². The molecule has 0 aliphatic rings. The lowest BCUT2D eigenvalue weighted by Crippen LogP contribution is -2.01. The molecule has 0 radical (unpaired) electrons. The Morgan fingerprint density at radius 3 is 2.79 bits per heavy atom. The van der Waals surface area contributed by atoms with Gasteiger partial charge >= 0.3 is 0 Å². The Morgan fingerprint density at radius 1 is 1.47 bits per heavy atom. The van der Waals surface area contributed by atoms with Crippen LogP contribution >= 0.6 is 22.9 Å². The van der Waals surface area contributed by atoms with Crippen LogP contribution in [-0.2, 0) is 4.74 Å². The van der Waals surface area contributed by atoms with Crippen LogP contribution in [0.5, 0.6) is 0 Å². The maximum Gasteiger partial charge on any atom is 0.154 e. The number of aryl methyl sites for hydroxylation is 1. The molecule has 0 saturated carbocycles. The number of aliphatic hydroxyl groups is 1. The highest BCUT2D eigenvalue weighted by molar-refractivity contribution is 7.13. The van der Waals surface area contributed by atoms with Crippen LogP contribution in [0.4, 0.5) is 0 Å². The highest BCUT2D eigenvalue weighted by Gasteiger charge is 2.21. The van der Waals surface area contributed by atoms with E-state index < -0.39 is 6.10 Å². The molecule has 0 aromatic carbocycles. The molecule has 1 atom stereocenters. The molecule has 0 bridgehead atoms. The van der Waals surface area contributed by atoms with E-state index >= 15 is 0 Å². The standard InChI is InChI=1S/C14H15ClO3S/c1-3-17-14(11-7-6-9(2)19-11)12(15)13(16)10-5-4-8-18-10/h4-8,13,16H,3H2,1-2H3/b14-12+. The van der Waals surface area contributed by atoms with E-state index in [2.05, 4.69) is 0 Å². The summed E-state index contributed by atoms with van der Waals surface area (Å²) in [7, 11) is 0. The zero-order chi connectivity index (χ0) is 13.8. The van der Waals surface area contributed by atoms with Crippen molar-refractivity contribution >= 4 is 28.7 Å². The van der Waals surface area contributed by atoms with E-state index in [1.807, 2.05) is 26.0 Å². The molecule has 0 aliphatic heterocycles. The monoisotopic (exact) mass is 298 g/mol. The summed E-state index contributed by atoms with van der Waals surface area (Å²) in [5.74, 6) is 0.904. The first-order chi connectivity index (χ1) is 9.13. The van der Waals surface area contributed by atoms with Crippen molar-refractivity contribution in [2.24, 2.45) is 0 Å². The number of halogens is 1. The second kappa shape index (κ2) is 6.28. The van der Waals surface area contributed by atoms with Gasteiger partial charge in [0.2, 0.25) is 0 Å². The zero-order valence-electron chi connectivity index (χ0n) is 10.7. The Hall–Kier alpha value is -1.23. The summed E-state index contributed by atoms with van der Waals surface area (Å²) in [6, 6.07) is 7.30. The first kappa shape index (κ1) is 14.2. The predicted molar refractivity (Wildman–Crippen MR) is 77.1 cm³/mol. The van der Waals surface area contributed by atoms with Gasteiger partial charge in [-0.3, -0.25) is 0 Å². The second-order valence-electron chi connectivity index (χ2n) is 3.94. The van der Waals surface area contributed by atoms with E-state index in [0.29, 0.717) is 18.1 Å². The fraction of sp³-hybridized carbons (Fsp3) is 0.286. The lowest BCUT2D eigenvalue weighted by Gasteiger charge is -2.13. The number of furan rings is 1. The van der Waals surface area contributed by atoms with Gasteiger partial charge in [0.25, 0.3) is 0 Å². The largest absolute Gasteiger partial charge is 0.491 e. The lowest BCUT2D eigenvalue weighted by atomic mass is 10.2. The summed E-state index contributed by atoms with van der Waals surface area (Å²) in [4.78, 5) is 2.05. The van der Waals surface area contributed by atoms with Crippen LogP contribution in [0.15, 0.2) is 40.0 Å². The number of thiophene rings is 1.